The number of nitrogens with zero attached hydrogens (tertiary/aromatic N) is 3. The quantitative estimate of drug-likeness (QED) is 0.606. The van der Waals surface area contributed by atoms with E-state index in [1.165, 1.54) is 4.90 Å². The van der Waals surface area contributed by atoms with E-state index in [9.17, 15) is 19.8 Å². The summed E-state index contributed by atoms with van der Waals surface area (Å²) < 4.78 is 0. The minimum absolute atomic E-state index is 0.00471. The van der Waals surface area contributed by atoms with Crippen LogP contribution in [0.4, 0.5) is 16.2 Å². The number of amides is 2. The van der Waals surface area contributed by atoms with Gasteiger partial charge in [-0.2, -0.15) is 0 Å². The molecule has 2 fully saturated rings. The normalized spacial score (nSPS) is 19.1. The van der Waals surface area contributed by atoms with Crippen molar-refractivity contribution in [1.29, 1.82) is 0 Å². The van der Waals surface area contributed by atoms with Crippen LogP contribution in [0, 0.1) is 20.8 Å². The van der Waals surface area contributed by atoms with Gasteiger partial charge in [-0.05, 0) is 62.4 Å². The van der Waals surface area contributed by atoms with Crippen molar-refractivity contribution in [3.05, 3.63) is 58.7 Å². The largest absolute Gasteiger partial charge is 0.465 e. The molecule has 2 aliphatic rings. The van der Waals surface area contributed by atoms with Crippen LogP contribution in [0.2, 0.25) is 0 Å². The molecule has 0 radical (unpaired) electrons. The Balaban J connectivity index is 1.51. The fourth-order valence-electron chi connectivity index (χ4n) is 5.47. The molecule has 2 saturated heterocycles. The summed E-state index contributed by atoms with van der Waals surface area (Å²) in [6, 6.07) is 12.1. The van der Waals surface area contributed by atoms with Crippen molar-refractivity contribution in [1.82, 2.24) is 9.80 Å². The highest BCUT2D eigenvalue weighted by Gasteiger charge is 2.32. The highest BCUT2D eigenvalue weighted by atomic mass is 16.4. The third-order valence-corrected chi connectivity index (χ3v) is 7.37. The van der Waals surface area contributed by atoms with Crippen molar-refractivity contribution < 1.29 is 19.8 Å². The highest BCUT2D eigenvalue weighted by molar-refractivity contribution is 5.99. The monoisotopic (exact) mass is 480 g/mol. The number of piperazine rings is 1. The molecule has 0 saturated carbocycles. The van der Waals surface area contributed by atoms with Gasteiger partial charge in [0, 0.05) is 55.7 Å². The third-order valence-electron chi connectivity index (χ3n) is 7.37. The summed E-state index contributed by atoms with van der Waals surface area (Å²) in [4.78, 5) is 30.5. The topological polar surface area (TPSA) is 96.4 Å². The van der Waals surface area contributed by atoms with Gasteiger partial charge in [0.25, 0.3) is 5.91 Å². The zero-order chi connectivity index (χ0) is 25.1. The van der Waals surface area contributed by atoms with Gasteiger partial charge in [0.05, 0.1) is 12.6 Å². The summed E-state index contributed by atoms with van der Waals surface area (Å²) in [5.74, 6) is -0.00471. The molecule has 0 bridgehead atoms. The molecule has 0 aromatic heterocycles. The van der Waals surface area contributed by atoms with Gasteiger partial charge < -0.3 is 30.2 Å². The first kappa shape index (κ1) is 24.9. The number of anilines is 2. The van der Waals surface area contributed by atoms with E-state index in [0.29, 0.717) is 38.3 Å². The molecule has 2 amide bonds. The molecule has 0 unspecified atom stereocenters. The van der Waals surface area contributed by atoms with E-state index in [0.717, 1.165) is 40.9 Å². The van der Waals surface area contributed by atoms with Crippen LogP contribution in [0.3, 0.4) is 0 Å². The molecular formula is C27H36N4O4. The minimum atomic E-state index is -0.868. The van der Waals surface area contributed by atoms with Crippen molar-refractivity contribution in [2.24, 2.45) is 0 Å². The summed E-state index contributed by atoms with van der Waals surface area (Å²) >= 11 is 0. The van der Waals surface area contributed by atoms with Crippen molar-refractivity contribution in [3.8, 4) is 0 Å². The first-order chi connectivity index (χ1) is 16.8. The number of carbonyl (C=O) groups is 2. The molecule has 1 atom stereocenters. The molecule has 4 rings (SSSR count). The number of carbonyl (C=O) groups excluding carboxylic acids is 1. The first-order valence-electron chi connectivity index (χ1n) is 12.4. The number of carboxylic acid groups (broad SMARTS) is 1. The Labute approximate surface area is 207 Å². The van der Waals surface area contributed by atoms with Gasteiger partial charge in [0.15, 0.2) is 0 Å². The standard InChI is InChI=1S/C27H36N4O4/c1-18-15-19(2)25(28-21-9-11-29(12-10-21)27(34)35)20(3)24(18)26(33)30-13-14-31(23(16-30)17-32)22-7-5-4-6-8-22/h4-8,15,21,23,28,32H,9-14,16-17H2,1-3H3,(H,34,35)/t23-/m0/s1. The Morgan fingerprint density at radius 3 is 2.29 bits per heavy atom. The van der Waals surface area contributed by atoms with E-state index < -0.39 is 6.09 Å². The van der Waals surface area contributed by atoms with Crippen molar-refractivity contribution in [2.75, 3.05) is 49.5 Å². The summed E-state index contributed by atoms with van der Waals surface area (Å²) in [6.45, 7) is 8.74. The molecule has 35 heavy (non-hydrogen) atoms. The fourth-order valence-corrected chi connectivity index (χ4v) is 5.47. The average Bonchev–Trinajstić information content (AvgIpc) is 2.86. The van der Waals surface area contributed by atoms with Gasteiger partial charge in [-0.1, -0.05) is 24.3 Å². The molecule has 2 aromatic carbocycles. The van der Waals surface area contributed by atoms with Gasteiger partial charge >= 0.3 is 6.09 Å². The van der Waals surface area contributed by atoms with E-state index >= 15 is 0 Å². The van der Waals surface area contributed by atoms with Crippen molar-refractivity contribution in [3.63, 3.8) is 0 Å². The lowest BCUT2D eigenvalue weighted by Crippen LogP contribution is -2.56. The third kappa shape index (κ3) is 5.22. The molecule has 2 aromatic rings. The lowest BCUT2D eigenvalue weighted by molar-refractivity contribution is 0.0697. The summed E-state index contributed by atoms with van der Waals surface area (Å²) in [5, 5.41) is 22.9. The van der Waals surface area contributed by atoms with Crippen LogP contribution in [-0.4, -0.2) is 83.4 Å². The van der Waals surface area contributed by atoms with Gasteiger partial charge in [0.2, 0.25) is 0 Å². The van der Waals surface area contributed by atoms with Crippen LogP contribution in [0.5, 0.6) is 0 Å². The number of aliphatic hydroxyl groups is 1. The molecule has 0 aliphatic carbocycles. The molecule has 8 heteroatoms. The van der Waals surface area contributed by atoms with Crippen LogP contribution in [0.15, 0.2) is 36.4 Å². The molecule has 2 aliphatic heterocycles. The average molecular weight is 481 g/mol. The van der Waals surface area contributed by atoms with E-state index in [2.05, 4.69) is 16.3 Å². The van der Waals surface area contributed by atoms with E-state index in [1.807, 2.05) is 56.0 Å². The van der Waals surface area contributed by atoms with Crippen molar-refractivity contribution in [2.45, 2.75) is 45.7 Å². The zero-order valence-electron chi connectivity index (χ0n) is 20.8. The summed E-state index contributed by atoms with van der Waals surface area (Å²) in [7, 11) is 0. The van der Waals surface area contributed by atoms with Gasteiger partial charge in [-0.15, -0.1) is 0 Å². The summed E-state index contributed by atoms with van der Waals surface area (Å²) in [6.07, 6.45) is 0.608. The second-order valence-electron chi connectivity index (χ2n) is 9.69. The molecule has 188 valence electrons. The predicted molar refractivity (Wildman–Crippen MR) is 137 cm³/mol. The highest BCUT2D eigenvalue weighted by Crippen LogP contribution is 2.31. The molecule has 2 heterocycles. The minimum Gasteiger partial charge on any atom is -0.465 e. The molecule has 3 N–H and O–H groups in total. The Bertz CT molecular complexity index is 1070. The Hall–Kier alpha value is -3.26. The molecule has 0 spiro atoms. The Morgan fingerprint density at radius 1 is 0.971 bits per heavy atom. The lowest BCUT2D eigenvalue weighted by Gasteiger charge is -2.42. The van der Waals surface area contributed by atoms with Gasteiger partial charge in [-0.3, -0.25) is 4.79 Å². The van der Waals surface area contributed by atoms with Crippen LogP contribution in [-0.2, 0) is 0 Å². The number of para-hydroxylation sites is 1. The smallest absolute Gasteiger partial charge is 0.407 e. The second kappa shape index (κ2) is 10.6. The first-order valence-corrected chi connectivity index (χ1v) is 12.4. The van der Waals surface area contributed by atoms with Crippen LogP contribution in [0.1, 0.15) is 39.9 Å². The maximum absolute atomic E-state index is 13.7. The molecule has 8 nitrogen and oxygen atoms in total. The number of benzene rings is 2. The van der Waals surface area contributed by atoms with E-state index in [-0.39, 0.29) is 24.6 Å². The number of nitrogens with one attached hydrogen (secondary N) is 1. The molecular weight excluding hydrogens is 444 g/mol. The Kier molecular flexibility index (Phi) is 7.50. The SMILES string of the molecule is Cc1cc(C)c(C(=O)N2CCN(c3ccccc3)[C@H](CO)C2)c(C)c1NC1CCN(C(=O)O)CC1. The van der Waals surface area contributed by atoms with E-state index in [4.69, 9.17) is 0 Å². The number of aryl methyl sites for hydroxylation is 2. The second-order valence-corrected chi connectivity index (χ2v) is 9.69. The predicted octanol–water partition coefficient (Wildman–Crippen LogP) is 3.49. The lowest BCUT2D eigenvalue weighted by atomic mass is 9.94. The number of hydrogen-bond acceptors (Lipinski definition) is 5. The van der Waals surface area contributed by atoms with Crippen LogP contribution in [0.25, 0.3) is 0 Å². The van der Waals surface area contributed by atoms with Gasteiger partial charge in [0.1, 0.15) is 0 Å². The number of piperidine rings is 1. The maximum atomic E-state index is 13.7. The maximum Gasteiger partial charge on any atom is 0.407 e. The summed E-state index contributed by atoms with van der Waals surface area (Å²) in [5.41, 5.74) is 5.70. The zero-order valence-corrected chi connectivity index (χ0v) is 20.8. The van der Waals surface area contributed by atoms with E-state index in [1.54, 1.807) is 0 Å². The van der Waals surface area contributed by atoms with Crippen LogP contribution < -0.4 is 10.2 Å². The fraction of sp³-hybridized carbons (Fsp3) is 0.481. The van der Waals surface area contributed by atoms with Crippen molar-refractivity contribution >= 4 is 23.4 Å². The number of hydrogen-bond donors (Lipinski definition) is 3. The number of aliphatic hydroxyl groups excluding tert-OH is 1. The number of rotatable bonds is 5. The number of likely N-dealkylation sites (tertiary alicyclic amines) is 1. The van der Waals surface area contributed by atoms with Crippen LogP contribution >= 0.6 is 0 Å². The Morgan fingerprint density at radius 2 is 1.66 bits per heavy atom. The van der Waals surface area contributed by atoms with Gasteiger partial charge in [-0.25, -0.2) is 4.79 Å².